The van der Waals surface area contributed by atoms with Crippen LogP contribution in [0.2, 0.25) is 0 Å². The molecule has 0 saturated carbocycles. The van der Waals surface area contributed by atoms with Gasteiger partial charge in [-0.25, -0.2) is 4.98 Å². The van der Waals surface area contributed by atoms with Crippen molar-refractivity contribution in [2.45, 2.75) is 20.4 Å². The molecular weight excluding hydrogens is 356 g/mol. The molecule has 0 amide bonds. The maximum absolute atomic E-state index is 13.0. The Kier molecular flexibility index (Phi) is 4.77. The van der Waals surface area contributed by atoms with Gasteiger partial charge in [0.2, 0.25) is 0 Å². The molecule has 0 aliphatic rings. The van der Waals surface area contributed by atoms with Crippen LogP contribution in [0.3, 0.4) is 0 Å². The monoisotopic (exact) mass is 376 g/mol. The van der Waals surface area contributed by atoms with Crippen LogP contribution in [0.25, 0.3) is 20.7 Å². The summed E-state index contributed by atoms with van der Waals surface area (Å²) in [6, 6.07) is 18.0. The van der Waals surface area contributed by atoms with Gasteiger partial charge in [-0.05, 0) is 37.1 Å². The van der Waals surface area contributed by atoms with E-state index in [-0.39, 0.29) is 5.56 Å². The molecule has 4 nitrogen and oxygen atoms in total. The van der Waals surface area contributed by atoms with Gasteiger partial charge in [-0.2, -0.15) is 0 Å². The molecule has 0 saturated heterocycles. The van der Waals surface area contributed by atoms with Crippen LogP contribution in [0.4, 0.5) is 0 Å². The minimum Gasteiger partial charge on any atom is -0.492 e. The van der Waals surface area contributed by atoms with E-state index in [0.717, 1.165) is 26.6 Å². The largest absolute Gasteiger partial charge is 0.492 e. The lowest BCUT2D eigenvalue weighted by atomic mass is 10.1. The lowest BCUT2D eigenvalue weighted by molar-refractivity contribution is 0.296. The fourth-order valence-electron chi connectivity index (χ4n) is 3.08. The predicted molar refractivity (Wildman–Crippen MR) is 111 cm³/mol. The molecule has 0 aliphatic carbocycles. The molecule has 0 atom stereocenters. The molecule has 0 bridgehead atoms. The van der Waals surface area contributed by atoms with Gasteiger partial charge < -0.3 is 4.74 Å². The molecule has 0 aliphatic heterocycles. The van der Waals surface area contributed by atoms with Crippen LogP contribution in [-0.2, 0) is 6.54 Å². The van der Waals surface area contributed by atoms with Crippen LogP contribution in [0.1, 0.15) is 11.1 Å². The zero-order chi connectivity index (χ0) is 18.8. The number of hydrogen-bond acceptors (Lipinski definition) is 4. The molecule has 2 aromatic carbocycles. The summed E-state index contributed by atoms with van der Waals surface area (Å²) in [5.74, 6) is 0.806. The van der Waals surface area contributed by atoms with Crippen molar-refractivity contribution in [1.82, 2.24) is 9.55 Å². The van der Waals surface area contributed by atoms with E-state index in [1.54, 1.807) is 22.2 Å². The van der Waals surface area contributed by atoms with Crippen LogP contribution < -0.4 is 10.3 Å². The summed E-state index contributed by atoms with van der Waals surface area (Å²) in [4.78, 5) is 19.4. The second-order valence-electron chi connectivity index (χ2n) is 6.51. The van der Waals surface area contributed by atoms with E-state index in [9.17, 15) is 4.79 Å². The number of thiophene rings is 1. The van der Waals surface area contributed by atoms with Crippen molar-refractivity contribution in [2.24, 2.45) is 0 Å². The van der Waals surface area contributed by atoms with Crippen molar-refractivity contribution >= 4 is 21.6 Å². The van der Waals surface area contributed by atoms with E-state index >= 15 is 0 Å². The van der Waals surface area contributed by atoms with E-state index in [4.69, 9.17) is 4.74 Å². The summed E-state index contributed by atoms with van der Waals surface area (Å²) < 4.78 is 7.38. The van der Waals surface area contributed by atoms with Gasteiger partial charge in [-0.15, -0.1) is 11.3 Å². The van der Waals surface area contributed by atoms with Crippen LogP contribution in [-0.4, -0.2) is 16.2 Å². The lowest BCUT2D eigenvalue weighted by Crippen LogP contribution is -2.23. The maximum Gasteiger partial charge on any atom is 0.262 e. The molecule has 4 rings (SSSR count). The van der Waals surface area contributed by atoms with E-state index < -0.39 is 0 Å². The Balaban J connectivity index is 1.59. The van der Waals surface area contributed by atoms with E-state index in [1.807, 2.05) is 56.3 Å². The summed E-state index contributed by atoms with van der Waals surface area (Å²) in [6.45, 7) is 4.92. The van der Waals surface area contributed by atoms with E-state index in [1.165, 1.54) is 5.56 Å². The Morgan fingerprint density at radius 2 is 1.78 bits per heavy atom. The molecule has 0 fully saturated rings. The molecule has 5 heteroatoms. The summed E-state index contributed by atoms with van der Waals surface area (Å²) in [5, 5.41) is 0.705. The molecular formula is C22H20N2O2S. The molecule has 0 unspecified atom stereocenters. The van der Waals surface area contributed by atoms with E-state index in [2.05, 4.69) is 17.1 Å². The second kappa shape index (κ2) is 7.37. The van der Waals surface area contributed by atoms with Crippen molar-refractivity contribution in [3.8, 4) is 16.2 Å². The molecule has 0 N–H and O–H groups in total. The third-order valence-electron chi connectivity index (χ3n) is 4.58. The van der Waals surface area contributed by atoms with Crippen molar-refractivity contribution in [3.63, 3.8) is 0 Å². The normalized spacial score (nSPS) is 11.0. The number of rotatable bonds is 5. The smallest absolute Gasteiger partial charge is 0.262 e. The lowest BCUT2D eigenvalue weighted by Gasteiger charge is -2.08. The van der Waals surface area contributed by atoms with Crippen LogP contribution in [0, 0.1) is 13.8 Å². The number of aromatic nitrogens is 2. The number of ether oxygens (including phenoxy) is 1. The van der Waals surface area contributed by atoms with Gasteiger partial charge in [0, 0.05) is 4.88 Å². The first-order valence-corrected chi connectivity index (χ1v) is 9.68. The van der Waals surface area contributed by atoms with E-state index in [0.29, 0.717) is 18.5 Å². The molecule has 2 heterocycles. The maximum atomic E-state index is 13.0. The quantitative estimate of drug-likeness (QED) is 0.501. The Morgan fingerprint density at radius 1 is 1.04 bits per heavy atom. The van der Waals surface area contributed by atoms with Gasteiger partial charge in [0.05, 0.1) is 18.3 Å². The topological polar surface area (TPSA) is 44.1 Å². The van der Waals surface area contributed by atoms with Gasteiger partial charge in [-0.3, -0.25) is 9.36 Å². The summed E-state index contributed by atoms with van der Waals surface area (Å²) in [6.07, 6.45) is 1.62. The van der Waals surface area contributed by atoms with Gasteiger partial charge in [-0.1, -0.05) is 48.0 Å². The van der Waals surface area contributed by atoms with Crippen LogP contribution in [0.15, 0.2) is 65.7 Å². The first-order chi connectivity index (χ1) is 13.1. The Labute approximate surface area is 161 Å². The summed E-state index contributed by atoms with van der Waals surface area (Å²) >= 11 is 1.57. The average molecular weight is 376 g/mol. The highest BCUT2D eigenvalue weighted by Crippen LogP contribution is 2.35. The SMILES string of the molecule is Cc1ccc(OCCn2cnc3sc(-c4ccccc4)c(C)c3c2=O)cc1. The minimum absolute atomic E-state index is 0.0107. The highest BCUT2D eigenvalue weighted by atomic mass is 32.1. The van der Waals surface area contributed by atoms with Gasteiger partial charge in [0.15, 0.2) is 0 Å². The van der Waals surface area contributed by atoms with Crippen molar-refractivity contribution in [1.29, 1.82) is 0 Å². The fourth-order valence-corrected chi connectivity index (χ4v) is 4.22. The van der Waals surface area contributed by atoms with Crippen LogP contribution >= 0.6 is 11.3 Å². The molecule has 0 spiro atoms. The van der Waals surface area contributed by atoms with Gasteiger partial charge >= 0.3 is 0 Å². The Hall–Kier alpha value is -2.92. The number of benzene rings is 2. The highest BCUT2D eigenvalue weighted by molar-refractivity contribution is 7.22. The first-order valence-electron chi connectivity index (χ1n) is 8.87. The molecule has 27 heavy (non-hydrogen) atoms. The van der Waals surface area contributed by atoms with Gasteiger partial charge in [0.25, 0.3) is 5.56 Å². The first kappa shape index (κ1) is 17.5. The minimum atomic E-state index is -0.0107. The van der Waals surface area contributed by atoms with Crippen molar-refractivity contribution in [3.05, 3.63) is 82.4 Å². The molecule has 2 aromatic heterocycles. The number of hydrogen-bond donors (Lipinski definition) is 0. The molecule has 0 radical (unpaired) electrons. The highest BCUT2D eigenvalue weighted by Gasteiger charge is 2.15. The number of fused-ring (bicyclic) bond motifs is 1. The summed E-state index contributed by atoms with van der Waals surface area (Å²) in [7, 11) is 0. The number of nitrogens with zero attached hydrogens (tertiary/aromatic N) is 2. The standard InChI is InChI=1S/C22H20N2O2S/c1-15-8-10-18(11-9-15)26-13-12-24-14-23-21-19(22(24)25)16(2)20(27-21)17-6-4-3-5-7-17/h3-11,14H,12-13H2,1-2H3. The fraction of sp³-hybridized carbons (Fsp3) is 0.182. The van der Waals surface area contributed by atoms with Crippen molar-refractivity contribution < 1.29 is 4.74 Å². The zero-order valence-corrected chi connectivity index (χ0v) is 16.1. The Morgan fingerprint density at radius 3 is 2.52 bits per heavy atom. The van der Waals surface area contributed by atoms with Gasteiger partial charge in [0.1, 0.15) is 17.2 Å². The molecule has 4 aromatic rings. The average Bonchev–Trinajstić information content (AvgIpc) is 3.03. The Bertz CT molecular complexity index is 1130. The third-order valence-corrected chi connectivity index (χ3v) is 5.82. The molecule has 136 valence electrons. The zero-order valence-electron chi connectivity index (χ0n) is 15.3. The van der Waals surface area contributed by atoms with Crippen molar-refractivity contribution in [2.75, 3.05) is 6.61 Å². The third kappa shape index (κ3) is 3.51. The summed E-state index contributed by atoms with van der Waals surface area (Å²) in [5.41, 5.74) is 3.29. The predicted octanol–water partition coefficient (Wildman–Crippen LogP) is 4.82. The van der Waals surface area contributed by atoms with Crippen LogP contribution in [0.5, 0.6) is 5.75 Å². The second-order valence-corrected chi connectivity index (χ2v) is 7.51. The number of aryl methyl sites for hydroxylation is 2.